The summed E-state index contributed by atoms with van der Waals surface area (Å²) in [7, 11) is 0. The topological polar surface area (TPSA) is 87.4 Å². The zero-order chi connectivity index (χ0) is 13.4. The van der Waals surface area contributed by atoms with Gasteiger partial charge in [0.25, 0.3) is 0 Å². The maximum Gasteiger partial charge on any atom is 0.224 e. The average Bonchev–Trinajstić information content (AvgIpc) is 2.33. The lowest BCUT2D eigenvalue weighted by Crippen LogP contribution is -2.33. The van der Waals surface area contributed by atoms with Crippen LogP contribution in [0.5, 0.6) is 0 Å². The van der Waals surface area contributed by atoms with Crippen molar-refractivity contribution in [3.05, 3.63) is 17.7 Å². The zero-order valence-electron chi connectivity index (χ0n) is 10.8. The van der Waals surface area contributed by atoms with Crippen LogP contribution in [0.4, 0.5) is 17.1 Å². The normalized spacial score (nSPS) is 25.2. The lowest BCUT2D eigenvalue weighted by Gasteiger charge is -2.32. The minimum atomic E-state index is -0.122. The van der Waals surface area contributed by atoms with Gasteiger partial charge in [-0.25, -0.2) is 0 Å². The van der Waals surface area contributed by atoms with Crippen molar-refractivity contribution in [3.63, 3.8) is 0 Å². The number of fused-ring (bicyclic) bond motifs is 1. The smallest absolute Gasteiger partial charge is 0.224 e. The Morgan fingerprint density at radius 3 is 2.89 bits per heavy atom. The van der Waals surface area contributed by atoms with E-state index >= 15 is 0 Å². The SMILES string of the molecule is Nc1cc2c(cc1NCC1CC(O)C1)CCC(=O)N2. The lowest BCUT2D eigenvalue weighted by atomic mass is 9.82. The van der Waals surface area contributed by atoms with E-state index in [1.807, 2.05) is 12.1 Å². The first-order valence-corrected chi connectivity index (χ1v) is 6.76. The first-order chi connectivity index (χ1) is 9.11. The summed E-state index contributed by atoms with van der Waals surface area (Å²) in [5.74, 6) is 0.584. The van der Waals surface area contributed by atoms with Crippen molar-refractivity contribution in [1.82, 2.24) is 0 Å². The molecule has 2 aliphatic rings. The molecule has 0 unspecified atom stereocenters. The number of hydrogen-bond donors (Lipinski definition) is 4. The highest BCUT2D eigenvalue weighted by molar-refractivity contribution is 5.95. The van der Waals surface area contributed by atoms with Crippen molar-refractivity contribution in [3.8, 4) is 0 Å². The van der Waals surface area contributed by atoms with Crippen LogP contribution in [0.1, 0.15) is 24.8 Å². The molecular formula is C14H19N3O2. The highest BCUT2D eigenvalue weighted by atomic mass is 16.3. The molecule has 1 aromatic rings. The first-order valence-electron chi connectivity index (χ1n) is 6.76. The van der Waals surface area contributed by atoms with Crippen LogP contribution in [0.2, 0.25) is 0 Å². The molecule has 0 saturated heterocycles. The fourth-order valence-corrected chi connectivity index (χ4v) is 2.72. The molecule has 0 radical (unpaired) electrons. The highest BCUT2D eigenvalue weighted by Crippen LogP contribution is 2.32. The molecule has 0 spiro atoms. The minimum Gasteiger partial charge on any atom is -0.397 e. The van der Waals surface area contributed by atoms with Crippen molar-refractivity contribution in [2.45, 2.75) is 31.8 Å². The third-order valence-electron chi connectivity index (χ3n) is 3.96. The molecular weight excluding hydrogens is 242 g/mol. The van der Waals surface area contributed by atoms with E-state index < -0.39 is 0 Å². The largest absolute Gasteiger partial charge is 0.397 e. The molecule has 0 atom stereocenters. The van der Waals surface area contributed by atoms with Crippen LogP contribution in [-0.4, -0.2) is 23.7 Å². The predicted octanol–water partition coefficient (Wildman–Crippen LogP) is 1.34. The van der Waals surface area contributed by atoms with Crippen molar-refractivity contribution >= 4 is 23.0 Å². The van der Waals surface area contributed by atoms with E-state index in [0.29, 0.717) is 18.0 Å². The fraction of sp³-hybridized carbons (Fsp3) is 0.500. The van der Waals surface area contributed by atoms with E-state index in [-0.39, 0.29) is 12.0 Å². The van der Waals surface area contributed by atoms with Crippen LogP contribution in [0.3, 0.4) is 0 Å². The standard InChI is InChI=1S/C14H19N3O2/c15-11-6-12-9(1-2-14(19)17-12)5-13(11)16-7-8-3-10(18)4-8/h5-6,8,10,16,18H,1-4,7,15H2,(H,17,19). The maximum atomic E-state index is 11.3. The molecule has 5 heteroatoms. The first kappa shape index (κ1) is 12.3. The van der Waals surface area contributed by atoms with Gasteiger partial charge in [-0.15, -0.1) is 0 Å². The number of carbonyl (C=O) groups is 1. The van der Waals surface area contributed by atoms with Crippen LogP contribution in [0.25, 0.3) is 0 Å². The zero-order valence-corrected chi connectivity index (χ0v) is 10.8. The summed E-state index contributed by atoms with van der Waals surface area (Å²) in [5, 5.41) is 15.4. The minimum absolute atomic E-state index is 0.0519. The molecule has 1 heterocycles. The quantitative estimate of drug-likeness (QED) is 0.618. The summed E-state index contributed by atoms with van der Waals surface area (Å²) >= 11 is 0. The summed E-state index contributed by atoms with van der Waals surface area (Å²) < 4.78 is 0. The Kier molecular flexibility index (Phi) is 3.06. The van der Waals surface area contributed by atoms with E-state index in [2.05, 4.69) is 10.6 Å². The number of aliphatic hydroxyl groups is 1. The Balaban J connectivity index is 1.70. The van der Waals surface area contributed by atoms with Crippen molar-refractivity contribution in [2.75, 3.05) is 22.9 Å². The molecule has 1 saturated carbocycles. The summed E-state index contributed by atoms with van der Waals surface area (Å²) in [6.07, 6.45) is 2.91. The molecule has 19 heavy (non-hydrogen) atoms. The second-order valence-corrected chi connectivity index (χ2v) is 5.52. The molecule has 5 N–H and O–H groups in total. The van der Waals surface area contributed by atoms with E-state index in [4.69, 9.17) is 5.73 Å². The van der Waals surface area contributed by atoms with E-state index in [1.165, 1.54) is 0 Å². The monoisotopic (exact) mass is 261 g/mol. The highest BCUT2D eigenvalue weighted by Gasteiger charge is 2.27. The summed E-state index contributed by atoms with van der Waals surface area (Å²) in [6, 6.07) is 3.85. The second-order valence-electron chi connectivity index (χ2n) is 5.52. The number of nitrogens with one attached hydrogen (secondary N) is 2. The van der Waals surface area contributed by atoms with Crippen LogP contribution in [-0.2, 0) is 11.2 Å². The number of rotatable bonds is 3. The number of aliphatic hydroxyl groups excluding tert-OH is 1. The number of aryl methyl sites for hydroxylation is 1. The van der Waals surface area contributed by atoms with Gasteiger partial charge in [0, 0.05) is 18.7 Å². The third kappa shape index (κ3) is 2.51. The summed E-state index contributed by atoms with van der Waals surface area (Å²) in [4.78, 5) is 11.3. The molecule has 1 aliphatic heterocycles. The number of amides is 1. The van der Waals surface area contributed by atoms with E-state index in [0.717, 1.165) is 42.7 Å². The summed E-state index contributed by atoms with van der Waals surface area (Å²) in [6.45, 7) is 0.840. The van der Waals surface area contributed by atoms with Crippen molar-refractivity contribution in [1.29, 1.82) is 0 Å². The number of nitrogen functional groups attached to an aromatic ring is 1. The molecule has 0 bridgehead atoms. The molecule has 0 aromatic heterocycles. The Morgan fingerprint density at radius 1 is 1.37 bits per heavy atom. The molecule has 1 fully saturated rings. The Morgan fingerprint density at radius 2 is 2.16 bits per heavy atom. The maximum absolute atomic E-state index is 11.3. The lowest BCUT2D eigenvalue weighted by molar-refractivity contribution is -0.116. The van der Waals surface area contributed by atoms with Crippen molar-refractivity contribution < 1.29 is 9.90 Å². The van der Waals surface area contributed by atoms with E-state index in [1.54, 1.807) is 0 Å². The molecule has 5 nitrogen and oxygen atoms in total. The Hall–Kier alpha value is -1.75. The molecule has 3 rings (SSSR count). The number of carbonyl (C=O) groups excluding carboxylic acids is 1. The van der Waals surface area contributed by atoms with Gasteiger partial charge >= 0.3 is 0 Å². The van der Waals surface area contributed by atoms with Gasteiger partial charge in [-0.3, -0.25) is 4.79 Å². The number of anilines is 3. The van der Waals surface area contributed by atoms with Crippen LogP contribution >= 0.6 is 0 Å². The Bertz CT molecular complexity index is 510. The molecule has 1 amide bonds. The number of hydrogen-bond acceptors (Lipinski definition) is 4. The van der Waals surface area contributed by atoms with Gasteiger partial charge in [0.15, 0.2) is 0 Å². The van der Waals surface area contributed by atoms with Gasteiger partial charge in [0.05, 0.1) is 17.5 Å². The number of benzene rings is 1. The van der Waals surface area contributed by atoms with Gasteiger partial charge in [-0.1, -0.05) is 0 Å². The third-order valence-corrected chi connectivity index (χ3v) is 3.96. The summed E-state index contributed by atoms with van der Waals surface area (Å²) in [5.41, 5.74) is 9.54. The Labute approximate surface area is 112 Å². The van der Waals surface area contributed by atoms with Crippen LogP contribution in [0, 0.1) is 5.92 Å². The second kappa shape index (κ2) is 4.74. The average molecular weight is 261 g/mol. The van der Waals surface area contributed by atoms with E-state index in [9.17, 15) is 9.90 Å². The number of nitrogens with two attached hydrogens (primary N) is 1. The predicted molar refractivity (Wildman–Crippen MR) is 75.0 cm³/mol. The molecule has 102 valence electrons. The molecule has 1 aliphatic carbocycles. The van der Waals surface area contributed by atoms with Gasteiger partial charge < -0.3 is 21.5 Å². The van der Waals surface area contributed by atoms with Gasteiger partial charge in [0.1, 0.15) is 0 Å². The van der Waals surface area contributed by atoms with Gasteiger partial charge in [-0.05, 0) is 42.9 Å². The van der Waals surface area contributed by atoms with Crippen LogP contribution in [0.15, 0.2) is 12.1 Å². The fourth-order valence-electron chi connectivity index (χ4n) is 2.72. The molecule has 1 aromatic carbocycles. The van der Waals surface area contributed by atoms with Crippen molar-refractivity contribution in [2.24, 2.45) is 5.92 Å². The van der Waals surface area contributed by atoms with Crippen LogP contribution < -0.4 is 16.4 Å². The van der Waals surface area contributed by atoms with Gasteiger partial charge in [0.2, 0.25) is 5.91 Å². The van der Waals surface area contributed by atoms with Gasteiger partial charge in [-0.2, -0.15) is 0 Å².